The van der Waals surface area contributed by atoms with Gasteiger partial charge in [0.1, 0.15) is 5.75 Å². The van der Waals surface area contributed by atoms with Gasteiger partial charge in [-0.1, -0.05) is 12.1 Å². The number of hydrogen-bond donors (Lipinski definition) is 2. The molecule has 1 aromatic carbocycles. The molecule has 2 bridgehead atoms. The lowest BCUT2D eigenvalue weighted by Crippen LogP contribution is -2.51. The quantitative estimate of drug-likeness (QED) is 0.887. The van der Waals surface area contributed by atoms with Crippen LogP contribution < -0.4 is 15.4 Å². The summed E-state index contributed by atoms with van der Waals surface area (Å²) in [4.78, 5) is 26.9. The number of carbonyl (C=O) groups excluding carboxylic acids is 2. The molecule has 2 aliphatic heterocycles. The van der Waals surface area contributed by atoms with Gasteiger partial charge in [-0.15, -0.1) is 0 Å². The number of piperidine rings is 1. The van der Waals surface area contributed by atoms with Gasteiger partial charge in [-0.25, -0.2) is 4.79 Å². The van der Waals surface area contributed by atoms with E-state index in [0.29, 0.717) is 30.0 Å². The first kappa shape index (κ1) is 16.8. The Balaban J connectivity index is 1.56. The summed E-state index contributed by atoms with van der Waals surface area (Å²) in [7, 11) is 2.16. The molecule has 1 unspecified atom stereocenters. The van der Waals surface area contributed by atoms with E-state index in [1.54, 1.807) is 24.3 Å². The highest BCUT2D eigenvalue weighted by Crippen LogP contribution is 2.34. The molecule has 2 heterocycles. The lowest BCUT2D eigenvalue weighted by molar-refractivity contribution is 0.0956. The van der Waals surface area contributed by atoms with E-state index in [4.69, 9.17) is 4.74 Å². The summed E-state index contributed by atoms with van der Waals surface area (Å²) in [6, 6.07) is 7.73. The maximum Gasteiger partial charge on any atom is 0.321 e. The molecule has 2 fully saturated rings. The molecular formula is C18H25N3O3. The van der Waals surface area contributed by atoms with E-state index in [0.717, 1.165) is 12.8 Å². The number of para-hydroxylation sites is 1. The van der Waals surface area contributed by atoms with Gasteiger partial charge in [-0.3, -0.25) is 10.1 Å². The van der Waals surface area contributed by atoms with Gasteiger partial charge < -0.3 is 15.0 Å². The molecule has 6 heteroatoms. The van der Waals surface area contributed by atoms with Gasteiger partial charge in [0.15, 0.2) is 0 Å². The van der Waals surface area contributed by atoms with Crippen molar-refractivity contribution in [2.45, 2.75) is 50.7 Å². The fourth-order valence-corrected chi connectivity index (χ4v) is 3.86. The Hall–Kier alpha value is -2.08. The number of amides is 3. The molecule has 0 saturated carbocycles. The van der Waals surface area contributed by atoms with Crippen LogP contribution in [-0.4, -0.2) is 48.6 Å². The molecule has 0 radical (unpaired) electrons. The zero-order valence-corrected chi connectivity index (χ0v) is 14.2. The van der Waals surface area contributed by atoms with Crippen molar-refractivity contribution in [1.82, 2.24) is 15.5 Å². The monoisotopic (exact) mass is 331 g/mol. The van der Waals surface area contributed by atoms with Crippen molar-refractivity contribution in [2.24, 2.45) is 0 Å². The summed E-state index contributed by atoms with van der Waals surface area (Å²) in [5, 5.41) is 5.38. The second-order valence-corrected chi connectivity index (χ2v) is 6.58. The largest absolute Gasteiger partial charge is 0.493 e. The number of hydrogen-bond acceptors (Lipinski definition) is 4. The number of nitrogens with zero attached hydrogens (tertiary/aromatic N) is 1. The van der Waals surface area contributed by atoms with Gasteiger partial charge in [0.05, 0.1) is 12.2 Å². The van der Waals surface area contributed by atoms with Crippen molar-refractivity contribution in [3.05, 3.63) is 29.8 Å². The van der Waals surface area contributed by atoms with Crippen LogP contribution in [0.4, 0.5) is 4.79 Å². The van der Waals surface area contributed by atoms with Crippen LogP contribution in [0.1, 0.15) is 43.0 Å². The number of benzene rings is 1. The van der Waals surface area contributed by atoms with Crippen LogP contribution in [0.3, 0.4) is 0 Å². The van der Waals surface area contributed by atoms with Gasteiger partial charge in [0.25, 0.3) is 5.91 Å². The maximum absolute atomic E-state index is 12.3. The van der Waals surface area contributed by atoms with Crippen molar-refractivity contribution in [3.8, 4) is 5.75 Å². The molecule has 130 valence electrons. The Morgan fingerprint density at radius 2 is 1.88 bits per heavy atom. The Labute approximate surface area is 142 Å². The number of urea groups is 1. The molecule has 24 heavy (non-hydrogen) atoms. The number of rotatable bonds is 4. The van der Waals surface area contributed by atoms with Crippen molar-refractivity contribution < 1.29 is 14.3 Å². The molecule has 2 saturated heterocycles. The van der Waals surface area contributed by atoms with Gasteiger partial charge in [-0.2, -0.15) is 0 Å². The van der Waals surface area contributed by atoms with Crippen LogP contribution in [0.2, 0.25) is 0 Å². The first-order valence-electron chi connectivity index (χ1n) is 8.64. The van der Waals surface area contributed by atoms with Crippen molar-refractivity contribution in [3.63, 3.8) is 0 Å². The Kier molecular flexibility index (Phi) is 5.04. The Morgan fingerprint density at radius 3 is 2.54 bits per heavy atom. The molecule has 1 aromatic rings. The molecule has 0 aromatic heterocycles. The number of ether oxygens (including phenoxy) is 1. The fourth-order valence-electron chi connectivity index (χ4n) is 3.86. The summed E-state index contributed by atoms with van der Waals surface area (Å²) in [5.74, 6) is 0.0510. The number of nitrogens with one attached hydrogen (secondary N) is 2. The molecule has 3 amide bonds. The lowest BCUT2D eigenvalue weighted by Gasteiger charge is -2.36. The van der Waals surface area contributed by atoms with Gasteiger partial charge >= 0.3 is 6.03 Å². The van der Waals surface area contributed by atoms with Gasteiger partial charge in [0.2, 0.25) is 0 Å². The topological polar surface area (TPSA) is 70.7 Å². The van der Waals surface area contributed by atoms with E-state index in [2.05, 4.69) is 22.6 Å². The molecule has 3 rings (SSSR count). The minimum atomic E-state index is -0.438. The molecule has 2 N–H and O–H groups in total. The van der Waals surface area contributed by atoms with E-state index in [-0.39, 0.29) is 6.04 Å². The highest BCUT2D eigenvalue weighted by molar-refractivity contribution is 6.05. The molecule has 6 nitrogen and oxygen atoms in total. The zero-order chi connectivity index (χ0) is 17.1. The summed E-state index contributed by atoms with van der Waals surface area (Å²) >= 11 is 0. The summed E-state index contributed by atoms with van der Waals surface area (Å²) < 4.78 is 5.44. The molecule has 0 spiro atoms. The Morgan fingerprint density at radius 1 is 1.21 bits per heavy atom. The maximum atomic E-state index is 12.3. The third-order valence-corrected chi connectivity index (χ3v) is 5.09. The normalized spacial score (nSPS) is 26.0. The smallest absolute Gasteiger partial charge is 0.321 e. The van der Waals surface area contributed by atoms with Crippen molar-refractivity contribution >= 4 is 11.9 Å². The van der Waals surface area contributed by atoms with Crippen LogP contribution >= 0.6 is 0 Å². The third kappa shape index (κ3) is 3.53. The average molecular weight is 331 g/mol. The molecule has 0 aliphatic carbocycles. The fraction of sp³-hybridized carbons (Fsp3) is 0.556. The van der Waals surface area contributed by atoms with E-state index >= 15 is 0 Å². The predicted molar refractivity (Wildman–Crippen MR) is 91.2 cm³/mol. The van der Waals surface area contributed by atoms with E-state index in [1.807, 2.05) is 6.92 Å². The number of imide groups is 1. The number of fused-ring (bicyclic) bond motifs is 2. The zero-order valence-electron chi connectivity index (χ0n) is 14.2. The van der Waals surface area contributed by atoms with E-state index < -0.39 is 11.9 Å². The van der Waals surface area contributed by atoms with Crippen LogP contribution in [0.25, 0.3) is 0 Å². The summed E-state index contributed by atoms with van der Waals surface area (Å²) in [6.45, 7) is 2.32. The molecular weight excluding hydrogens is 306 g/mol. The summed E-state index contributed by atoms with van der Waals surface area (Å²) in [6.07, 6.45) is 4.29. The second kappa shape index (κ2) is 7.21. The molecule has 2 aliphatic rings. The van der Waals surface area contributed by atoms with E-state index in [9.17, 15) is 9.59 Å². The van der Waals surface area contributed by atoms with Gasteiger partial charge in [0, 0.05) is 18.1 Å². The first-order chi connectivity index (χ1) is 11.6. The SMILES string of the molecule is CCOc1ccccc1C(=O)NC(=O)NC1C[C@H]2CC[C@@H](C1)N2C. The standard InChI is InChI=1S/C18H25N3O3/c1-3-24-16-7-5-4-6-15(16)17(22)20-18(23)19-12-10-13-8-9-14(11-12)21(13)2/h4-7,12-14H,3,8-11H2,1-2H3,(H2,19,20,22,23)/t12?,13-,14+. The molecule has 3 atom stereocenters. The lowest BCUT2D eigenvalue weighted by atomic mass is 9.98. The second-order valence-electron chi connectivity index (χ2n) is 6.58. The average Bonchev–Trinajstić information content (AvgIpc) is 2.77. The highest BCUT2D eigenvalue weighted by Gasteiger charge is 2.38. The van der Waals surface area contributed by atoms with Crippen LogP contribution in [0.15, 0.2) is 24.3 Å². The predicted octanol–water partition coefficient (Wildman–Crippen LogP) is 2.15. The van der Waals surface area contributed by atoms with Gasteiger partial charge in [-0.05, 0) is 51.8 Å². The highest BCUT2D eigenvalue weighted by atomic mass is 16.5. The first-order valence-corrected chi connectivity index (χ1v) is 8.64. The van der Waals surface area contributed by atoms with E-state index in [1.165, 1.54) is 12.8 Å². The summed E-state index contributed by atoms with van der Waals surface area (Å²) in [5.41, 5.74) is 0.373. The van der Waals surface area contributed by atoms with Crippen LogP contribution in [0.5, 0.6) is 5.75 Å². The van der Waals surface area contributed by atoms with Crippen LogP contribution in [-0.2, 0) is 0 Å². The minimum absolute atomic E-state index is 0.133. The van der Waals surface area contributed by atoms with Crippen molar-refractivity contribution in [1.29, 1.82) is 0 Å². The van der Waals surface area contributed by atoms with Crippen LogP contribution in [0, 0.1) is 0 Å². The van der Waals surface area contributed by atoms with Crippen molar-refractivity contribution in [2.75, 3.05) is 13.7 Å². The third-order valence-electron chi connectivity index (χ3n) is 5.09. The minimum Gasteiger partial charge on any atom is -0.493 e. The Bertz CT molecular complexity index is 605. The number of carbonyl (C=O) groups is 2.